The second kappa shape index (κ2) is 32.1. The number of hydrogen-bond acceptors (Lipinski definition) is 30. The van der Waals surface area contributed by atoms with Crippen molar-refractivity contribution in [2.45, 2.75) is 29.9 Å². The summed E-state index contributed by atoms with van der Waals surface area (Å²) in [7, 11) is 0. The fraction of sp³-hybridized carbons (Fsp3) is 0. The van der Waals surface area contributed by atoms with E-state index in [-0.39, 0.29) is 79.2 Å². The molecule has 0 amide bonds. The van der Waals surface area contributed by atoms with Gasteiger partial charge in [0.05, 0.1) is 45.2 Å². The van der Waals surface area contributed by atoms with E-state index < -0.39 is 0 Å². The van der Waals surface area contributed by atoms with Crippen LogP contribution in [0.1, 0.15) is 0 Å². The molecule has 0 spiro atoms. The third-order valence-corrected chi connectivity index (χ3v) is 19.8. The van der Waals surface area contributed by atoms with Gasteiger partial charge < -0.3 is 48.7 Å². The maximum atomic E-state index is 5.50. The molecule has 16 heterocycles. The molecule has 20 rings (SSSR count). The van der Waals surface area contributed by atoms with Gasteiger partial charge in [-0.15, -0.1) is 118 Å². The molecule has 0 aliphatic carbocycles. The van der Waals surface area contributed by atoms with Crippen LogP contribution in [-0.4, -0.2) is 69.8 Å². The molecule has 0 atom stereocenters. The molecule has 12 aromatic rings. The first-order valence-corrected chi connectivity index (χ1v) is 34.0. The number of aromatic nitrogens is 14. The number of hydrogen-bond donors (Lipinski definition) is 0. The van der Waals surface area contributed by atoms with E-state index in [1.165, 1.54) is 0 Å². The molecule has 8 aliphatic heterocycles. The number of thioether (sulfide) groups is 6. The Labute approximate surface area is 652 Å². The van der Waals surface area contributed by atoms with Crippen molar-refractivity contribution in [2.75, 3.05) is 39.2 Å². The minimum atomic E-state index is 0. The number of pyridine rings is 2. The standard InChI is InChI=1S/C18H11N4O2.3C16H9N6S2.4Os/c1-4-13(21-11-23-17-15(21)6-2-8-19-17)10-14(5-1)22-12-24-18-16(22)7-3-9-20-18;1-2-11(21-9-23-13-5-17-7-19-15(13)21)4-12(3-1)22-10-24-14-6-18-8-20-16(14)22;1-2-11(21-9-23-15-13(21)5-17-7-19-15)4-12(3-1)22-10-24-16-14(22)6-18-8-20-16;1-2-11(21-9-23-15-13(21)17-4-6-19-15)8-12(3-1)22-10-24-16-14(22)18-5-7-20-16;;;;/h1-9,11-12H;2*1-3,5-10H;1-7,9-10H;;;;/q4*-3;;;;. The fourth-order valence-corrected chi connectivity index (χ4v) is 15.2. The second-order valence-corrected chi connectivity index (χ2v) is 25.4. The van der Waals surface area contributed by atoms with Crippen LogP contribution in [0.15, 0.2) is 214 Å². The van der Waals surface area contributed by atoms with Crippen LogP contribution in [-0.2, 0) is 79.2 Å². The van der Waals surface area contributed by atoms with Gasteiger partial charge in [0.1, 0.15) is 58.6 Å². The zero-order valence-electron chi connectivity index (χ0n) is 50.5. The van der Waals surface area contributed by atoms with Gasteiger partial charge in [-0.05, 0) is 24.3 Å². The fourth-order valence-electron chi connectivity index (χ4n) is 10.3. The molecule has 4 aromatic carbocycles. The van der Waals surface area contributed by atoms with Gasteiger partial charge in [-0.2, -0.15) is 59.5 Å². The van der Waals surface area contributed by atoms with E-state index in [2.05, 4.69) is 104 Å². The first kappa shape index (κ1) is 70.7. The summed E-state index contributed by atoms with van der Waals surface area (Å²) >= 11 is 9.49. The van der Waals surface area contributed by atoms with Gasteiger partial charge in [-0.3, -0.25) is 70.6 Å². The number of fused-ring (bicyclic) bond motifs is 8. The smallest absolute Gasteiger partial charge is 0.204 e. The quantitative estimate of drug-likeness (QED) is 0.102. The molecule has 0 saturated heterocycles. The summed E-state index contributed by atoms with van der Waals surface area (Å²) in [5.41, 5.74) is 11.0. The molecule has 0 radical (unpaired) electrons. The maximum Gasteiger partial charge on any atom is 0.204 e. The molecule has 0 saturated carbocycles. The van der Waals surface area contributed by atoms with Gasteiger partial charge >= 0.3 is 0 Å². The van der Waals surface area contributed by atoms with Crippen molar-refractivity contribution in [3.8, 4) is 11.8 Å². The van der Waals surface area contributed by atoms with Crippen molar-refractivity contribution in [2.24, 2.45) is 0 Å². The van der Waals surface area contributed by atoms with E-state index >= 15 is 0 Å². The summed E-state index contributed by atoms with van der Waals surface area (Å²) in [5.74, 6) is 16.7. The minimum absolute atomic E-state index is 0. The van der Waals surface area contributed by atoms with E-state index in [1.54, 1.807) is 147 Å². The van der Waals surface area contributed by atoms with Crippen molar-refractivity contribution in [1.29, 1.82) is 0 Å². The Morgan fingerprint density at radius 2 is 0.610 bits per heavy atom. The Bertz CT molecular complexity index is 4020. The van der Waals surface area contributed by atoms with Crippen molar-refractivity contribution in [3.63, 3.8) is 0 Å². The van der Waals surface area contributed by atoms with Crippen LogP contribution in [0.3, 0.4) is 0 Å². The molecule has 24 nitrogen and oxygen atoms in total. The molecule has 504 valence electrons. The SMILES string of the molecule is [Os].[Os].[Os].[Os].[c-]1c(N2[CH-]Oc3ncccc32)cccc1N1[CH-]Oc2ncccc21.[c-]1c(N2[CH-]Sc3cncnc32)cccc1N1[CH-]Sc2cncnc21.[c-]1c(N2[CH-]Sc3nccnc32)cccc1N1[CH-]Sc2nccnc21.[c-]1c(N2[CH-]Sc3ncncc32)cccc1N1[CH-]Sc2ncncc21. The van der Waals surface area contributed by atoms with E-state index in [0.29, 0.717) is 11.8 Å². The van der Waals surface area contributed by atoms with Crippen LogP contribution >= 0.6 is 70.6 Å². The zero-order chi connectivity index (χ0) is 63.7. The van der Waals surface area contributed by atoms with Gasteiger partial charge in [-0.25, -0.2) is 69.8 Å². The van der Waals surface area contributed by atoms with Crippen molar-refractivity contribution in [1.82, 2.24) is 69.8 Å². The Morgan fingerprint density at radius 1 is 0.280 bits per heavy atom. The first-order chi connectivity index (χ1) is 47.6. The Kier molecular flexibility index (Phi) is 22.7. The predicted octanol–water partition coefficient (Wildman–Crippen LogP) is 14.9. The van der Waals surface area contributed by atoms with Crippen LogP contribution < -0.4 is 48.7 Å². The van der Waals surface area contributed by atoms with Crippen LogP contribution in [0.4, 0.5) is 91.5 Å². The minimum Gasteiger partial charge on any atom is -0.627 e. The molecule has 100 heavy (non-hydrogen) atoms. The third kappa shape index (κ3) is 14.3. The van der Waals surface area contributed by atoms with Crippen LogP contribution in [0.5, 0.6) is 11.8 Å². The van der Waals surface area contributed by atoms with Crippen molar-refractivity contribution >= 4 is 162 Å². The van der Waals surface area contributed by atoms with Gasteiger partial charge in [-0.1, -0.05) is 13.5 Å². The molecule has 0 bridgehead atoms. The molecule has 0 N–H and O–H groups in total. The summed E-state index contributed by atoms with van der Waals surface area (Å²) in [6, 6.07) is 45.4. The normalized spacial score (nSPS) is 14.7. The van der Waals surface area contributed by atoms with E-state index in [9.17, 15) is 0 Å². The summed E-state index contributed by atoms with van der Waals surface area (Å²) < 4.78 is 11.0. The van der Waals surface area contributed by atoms with Gasteiger partial charge in [0.15, 0.2) is 0 Å². The topological polar surface area (TPSA) is 225 Å². The molecule has 34 heteroatoms. The molecule has 0 fully saturated rings. The van der Waals surface area contributed by atoms with Gasteiger partial charge in [0, 0.05) is 139 Å². The summed E-state index contributed by atoms with van der Waals surface area (Å²) in [6.07, 6.45) is 23.8. The molecule has 8 aliphatic rings. The summed E-state index contributed by atoms with van der Waals surface area (Å²) in [4.78, 5) is 77.7. The number of benzene rings is 4. The van der Waals surface area contributed by atoms with Crippen molar-refractivity contribution < 1.29 is 88.6 Å². The second-order valence-electron chi connectivity index (χ2n) is 20.3. The number of anilines is 16. The van der Waals surface area contributed by atoms with Crippen LogP contribution in [0.2, 0.25) is 0 Å². The van der Waals surface area contributed by atoms with Gasteiger partial charge in [0.2, 0.25) is 11.8 Å². The van der Waals surface area contributed by atoms with E-state index in [0.717, 1.165) is 121 Å². The molecular formula is C66H38N22O2Os4S6-12. The number of nitrogens with zero attached hydrogens (tertiary/aromatic N) is 22. The monoisotopic (exact) mass is 2130 g/mol. The Hall–Kier alpha value is -7.69. The Balaban J connectivity index is 0.000000118. The maximum absolute atomic E-state index is 5.50. The summed E-state index contributed by atoms with van der Waals surface area (Å²) in [6.45, 7) is 3.26. The molecule has 0 unspecified atom stereocenters. The number of rotatable bonds is 8. The average Bonchev–Trinajstić information content (AvgIpc) is 1.62. The van der Waals surface area contributed by atoms with Crippen molar-refractivity contribution in [3.05, 3.63) is 257 Å². The number of ether oxygens (including phenoxy) is 2. The van der Waals surface area contributed by atoms with E-state index in [1.807, 2.05) is 187 Å². The molecule has 8 aromatic heterocycles. The van der Waals surface area contributed by atoms with Crippen LogP contribution in [0, 0.1) is 73.0 Å². The largest absolute Gasteiger partial charge is 0.627 e. The summed E-state index contributed by atoms with van der Waals surface area (Å²) in [5, 5.41) is 3.70. The predicted molar refractivity (Wildman–Crippen MR) is 370 cm³/mol. The molecular weight excluding hydrogens is 2090 g/mol. The first-order valence-electron chi connectivity index (χ1n) is 28.8. The van der Waals surface area contributed by atoms with Crippen LogP contribution in [0.25, 0.3) is 0 Å². The van der Waals surface area contributed by atoms with Gasteiger partial charge in [0.25, 0.3) is 0 Å². The zero-order valence-corrected chi connectivity index (χ0v) is 65.5. The Morgan fingerprint density at radius 3 is 1.03 bits per heavy atom. The van der Waals surface area contributed by atoms with E-state index in [4.69, 9.17) is 9.47 Å². The average molecular weight is 2120 g/mol. The third-order valence-electron chi connectivity index (χ3n) is 14.7.